The van der Waals surface area contributed by atoms with E-state index >= 15 is 0 Å². The summed E-state index contributed by atoms with van der Waals surface area (Å²) in [5, 5.41) is 48.4. The molecule has 136 valence electrons. The number of hydrogen-bond donors (Lipinski definition) is 6. The van der Waals surface area contributed by atoms with Crippen LogP contribution in [0.3, 0.4) is 0 Å². The molecule has 0 fully saturated rings. The first-order valence-electron chi connectivity index (χ1n) is 8.05. The number of carboxylic acid groups (broad SMARTS) is 1. The van der Waals surface area contributed by atoms with Gasteiger partial charge in [0.15, 0.2) is 12.2 Å². The fourth-order valence-electron chi connectivity index (χ4n) is 2.07. The van der Waals surface area contributed by atoms with Crippen molar-refractivity contribution in [1.82, 2.24) is 5.32 Å². The first-order chi connectivity index (χ1) is 10.8. The number of carboxylic acids is 1. The molecule has 0 aromatic rings. The fourth-order valence-corrected chi connectivity index (χ4v) is 2.07. The topological polar surface area (TPSA) is 147 Å². The minimum absolute atomic E-state index is 0.313. The van der Waals surface area contributed by atoms with E-state index in [0.29, 0.717) is 6.54 Å². The second kappa shape index (κ2) is 12.2. The maximum Gasteiger partial charge on any atom is 0.335 e. The van der Waals surface area contributed by atoms with Crippen molar-refractivity contribution in [3.63, 3.8) is 0 Å². The summed E-state index contributed by atoms with van der Waals surface area (Å²) in [6, 6.07) is 0. The normalized spacial score (nSPS) is 16.4. The number of rotatable bonds is 13. The Labute approximate surface area is 136 Å². The highest BCUT2D eigenvalue weighted by molar-refractivity contribution is 5.81. The van der Waals surface area contributed by atoms with Gasteiger partial charge in [-0.1, -0.05) is 45.4 Å². The average Bonchev–Trinajstić information content (AvgIpc) is 2.54. The molecule has 0 heterocycles. The third kappa shape index (κ3) is 8.85. The highest BCUT2D eigenvalue weighted by Gasteiger charge is 2.37. The maximum absolute atomic E-state index is 11.6. The highest BCUT2D eigenvalue weighted by Crippen LogP contribution is 2.07. The molecule has 23 heavy (non-hydrogen) atoms. The van der Waals surface area contributed by atoms with Crippen molar-refractivity contribution in [3.05, 3.63) is 0 Å². The SMILES string of the molecule is CCCCCCCCCNC(=O)C(O)C(O)C(O)C(O)C(=O)O. The lowest BCUT2D eigenvalue weighted by Crippen LogP contribution is -2.52. The second-order valence-corrected chi connectivity index (χ2v) is 5.62. The van der Waals surface area contributed by atoms with Crippen LogP contribution in [-0.2, 0) is 9.59 Å². The predicted molar refractivity (Wildman–Crippen MR) is 82.7 cm³/mol. The summed E-state index contributed by atoms with van der Waals surface area (Å²) in [6.45, 7) is 2.45. The Morgan fingerprint density at radius 1 is 0.826 bits per heavy atom. The first kappa shape index (κ1) is 21.8. The van der Waals surface area contributed by atoms with Gasteiger partial charge in [-0.15, -0.1) is 0 Å². The van der Waals surface area contributed by atoms with Crippen LogP contribution in [0.15, 0.2) is 0 Å². The quantitative estimate of drug-likeness (QED) is 0.246. The van der Waals surface area contributed by atoms with Crippen LogP contribution in [0.4, 0.5) is 0 Å². The average molecular weight is 335 g/mol. The van der Waals surface area contributed by atoms with Gasteiger partial charge in [-0.3, -0.25) is 4.79 Å². The lowest BCUT2D eigenvalue weighted by atomic mass is 10.0. The number of unbranched alkanes of at least 4 members (excludes halogenated alkanes) is 6. The molecule has 0 radical (unpaired) electrons. The molecule has 0 bridgehead atoms. The Kier molecular flexibility index (Phi) is 11.6. The smallest absolute Gasteiger partial charge is 0.335 e. The van der Waals surface area contributed by atoms with E-state index in [2.05, 4.69) is 12.2 Å². The summed E-state index contributed by atoms with van der Waals surface area (Å²) in [4.78, 5) is 22.1. The van der Waals surface area contributed by atoms with Crippen molar-refractivity contribution in [1.29, 1.82) is 0 Å². The van der Waals surface area contributed by atoms with E-state index < -0.39 is 36.3 Å². The van der Waals surface area contributed by atoms with Crippen LogP contribution < -0.4 is 5.32 Å². The Balaban J connectivity index is 3.95. The van der Waals surface area contributed by atoms with E-state index in [4.69, 9.17) is 10.2 Å². The van der Waals surface area contributed by atoms with E-state index in [1.807, 2.05) is 0 Å². The molecular weight excluding hydrogens is 306 g/mol. The van der Waals surface area contributed by atoms with Crippen molar-refractivity contribution >= 4 is 11.9 Å². The Bertz CT molecular complexity index is 351. The van der Waals surface area contributed by atoms with Gasteiger partial charge < -0.3 is 30.8 Å². The molecule has 6 N–H and O–H groups in total. The summed E-state index contributed by atoms with van der Waals surface area (Å²) in [6.07, 6.45) is -1.10. The molecule has 0 aliphatic rings. The van der Waals surface area contributed by atoms with Gasteiger partial charge in [0.1, 0.15) is 12.2 Å². The summed E-state index contributed by atoms with van der Waals surface area (Å²) in [5.41, 5.74) is 0. The predicted octanol–water partition coefficient (Wildman–Crippen LogP) is -0.619. The molecule has 8 heteroatoms. The number of aliphatic hydroxyl groups excluding tert-OH is 4. The van der Waals surface area contributed by atoms with Gasteiger partial charge in [0.25, 0.3) is 5.91 Å². The lowest BCUT2D eigenvalue weighted by molar-refractivity contribution is -0.166. The van der Waals surface area contributed by atoms with Crippen LogP contribution in [0.5, 0.6) is 0 Å². The van der Waals surface area contributed by atoms with E-state index in [9.17, 15) is 24.9 Å². The van der Waals surface area contributed by atoms with Crippen molar-refractivity contribution in [3.8, 4) is 0 Å². The Hall–Kier alpha value is -1.22. The minimum Gasteiger partial charge on any atom is -0.479 e. The van der Waals surface area contributed by atoms with Gasteiger partial charge in [-0.2, -0.15) is 0 Å². The summed E-state index contributed by atoms with van der Waals surface area (Å²) in [7, 11) is 0. The number of aliphatic carboxylic acids is 1. The summed E-state index contributed by atoms with van der Waals surface area (Å²) < 4.78 is 0. The van der Waals surface area contributed by atoms with Crippen LogP contribution in [0.2, 0.25) is 0 Å². The molecular formula is C15H29NO7. The monoisotopic (exact) mass is 335 g/mol. The van der Waals surface area contributed by atoms with E-state index in [0.717, 1.165) is 25.7 Å². The van der Waals surface area contributed by atoms with Crippen LogP contribution in [-0.4, -0.2) is 68.4 Å². The van der Waals surface area contributed by atoms with Gasteiger partial charge in [0.05, 0.1) is 0 Å². The third-order valence-corrected chi connectivity index (χ3v) is 3.60. The van der Waals surface area contributed by atoms with Crippen molar-refractivity contribution in [2.24, 2.45) is 0 Å². The highest BCUT2D eigenvalue weighted by atomic mass is 16.4. The molecule has 0 rings (SSSR count). The number of amides is 1. The molecule has 0 saturated carbocycles. The largest absolute Gasteiger partial charge is 0.479 e. The van der Waals surface area contributed by atoms with Crippen molar-refractivity contribution < 1.29 is 35.1 Å². The number of carbonyl (C=O) groups is 2. The van der Waals surface area contributed by atoms with E-state index in [1.54, 1.807) is 0 Å². The van der Waals surface area contributed by atoms with Gasteiger partial charge in [-0.05, 0) is 6.42 Å². The summed E-state index contributed by atoms with van der Waals surface area (Å²) >= 11 is 0. The van der Waals surface area contributed by atoms with Crippen molar-refractivity contribution in [2.45, 2.75) is 76.3 Å². The number of carbonyl (C=O) groups excluding carboxylic acids is 1. The molecule has 0 aliphatic carbocycles. The van der Waals surface area contributed by atoms with E-state index in [1.165, 1.54) is 19.3 Å². The van der Waals surface area contributed by atoms with Gasteiger partial charge in [0, 0.05) is 6.54 Å². The van der Waals surface area contributed by atoms with Crippen molar-refractivity contribution in [2.75, 3.05) is 6.54 Å². The van der Waals surface area contributed by atoms with Crippen LogP contribution >= 0.6 is 0 Å². The molecule has 0 spiro atoms. The zero-order valence-corrected chi connectivity index (χ0v) is 13.5. The van der Waals surface area contributed by atoms with E-state index in [-0.39, 0.29) is 0 Å². The molecule has 0 aromatic carbocycles. The zero-order chi connectivity index (χ0) is 17.8. The first-order valence-corrected chi connectivity index (χ1v) is 8.05. The maximum atomic E-state index is 11.6. The minimum atomic E-state index is -2.28. The van der Waals surface area contributed by atoms with Crippen LogP contribution in [0.1, 0.15) is 51.9 Å². The Morgan fingerprint density at radius 3 is 1.83 bits per heavy atom. The van der Waals surface area contributed by atoms with Gasteiger partial charge in [-0.25, -0.2) is 4.79 Å². The second-order valence-electron chi connectivity index (χ2n) is 5.62. The molecule has 8 nitrogen and oxygen atoms in total. The zero-order valence-electron chi connectivity index (χ0n) is 13.5. The lowest BCUT2D eigenvalue weighted by Gasteiger charge is -2.23. The van der Waals surface area contributed by atoms with Gasteiger partial charge >= 0.3 is 5.97 Å². The summed E-state index contributed by atoms with van der Waals surface area (Å²) in [5.74, 6) is -2.67. The van der Waals surface area contributed by atoms with Crippen LogP contribution in [0.25, 0.3) is 0 Å². The molecule has 0 aliphatic heterocycles. The number of nitrogens with one attached hydrogen (secondary N) is 1. The number of aliphatic hydroxyl groups is 4. The Morgan fingerprint density at radius 2 is 1.30 bits per heavy atom. The van der Waals surface area contributed by atoms with Crippen LogP contribution in [0, 0.1) is 0 Å². The molecule has 0 saturated heterocycles. The standard InChI is InChI=1S/C15H29NO7/c1-2-3-4-5-6-7-8-9-16-14(21)12(19)10(17)11(18)13(20)15(22)23/h10-13,17-20H,2-9H2,1H3,(H,16,21)(H,22,23). The fraction of sp³-hybridized carbons (Fsp3) is 0.867. The molecule has 4 atom stereocenters. The number of hydrogen-bond acceptors (Lipinski definition) is 6. The van der Waals surface area contributed by atoms with Gasteiger partial charge in [0.2, 0.25) is 0 Å². The molecule has 0 aromatic heterocycles. The third-order valence-electron chi connectivity index (χ3n) is 3.60. The molecule has 4 unspecified atom stereocenters. The molecule has 1 amide bonds.